The molecule has 0 heterocycles. The Kier molecular flexibility index (Phi) is 13.4. The lowest BCUT2D eigenvalue weighted by molar-refractivity contribution is -0.305. The number of carboxylic acid groups (broad SMARTS) is 1. The van der Waals surface area contributed by atoms with Gasteiger partial charge in [-0.1, -0.05) is 64.7 Å². The smallest absolute Gasteiger partial charge is 0.0537 e. The van der Waals surface area contributed by atoms with E-state index in [1.807, 2.05) is 6.92 Å². The van der Waals surface area contributed by atoms with Gasteiger partial charge in [0.05, 0.1) is 6.10 Å². The summed E-state index contributed by atoms with van der Waals surface area (Å²) in [4.78, 5) is 10.2. The second-order valence-corrected chi connectivity index (χ2v) is 5.51. The van der Waals surface area contributed by atoms with Crippen LogP contribution >= 0.6 is 0 Å². The molecule has 0 saturated heterocycles. The van der Waals surface area contributed by atoms with Crippen molar-refractivity contribution in [2.24, 2.45) is 0 Å². The Morgan fingerprint density at radius 2 is 1.32 bits per heavy atom. The highest BCUT2D eigenvalue weighted by molar-refractivity contribution is 5.63. The fourth-order valence-electron chi connectivity index (χ4n) is 2.27. The third kappa shape index (κ3) is 15.4. The SMILES string of the molecule is CCC(O)CCCCCCCCCCCCC(=O)[O-]. The average Bonchev–Trinajstić information content (AvgIpc) is 2.39. The van der Waals surface area contributed by atoms with E-state index in [1.54, 1.807) is 0 Å². The first-order chi connectivity index (χ1) is 9.16. The number of unbranched alkanes of at least 4 members (excludes halogenated alkanes) is 9. The minimum Gasteiger partial charge on any atom is -0.550 e. The van der Waals surface area contributed by atoms with E-state index in [0.29, 0.717) is 0 Å². The van der Waals surface area contributed by atoms with Crippen molar-refractivity contribution in [3.8, 4) is 0 Å². The van der Waals surface area contributed by atoms with Crippen LogP contribution in [0.4, 0.5) is 0 Å². The van der Waals surface area contributed by atoms with Crippen molar-refractivity contribution in [3.63, 3.8) is 0 Å². The summed E-state index contributed by atoms with van der Waals surface area (Å²) in [5.74, 6) is -0.923. The number of carbonyl (C=O) groups excluding carboxylic acids is 1. The molecule has 0 aliphatic carbocycles. The third-order valence-corrected chi connectivity index (χ3v) is 3.64. The lowest BCUT2D eigenvalue weighted by atomic mass is 10.0. The Morgan fingerprint density at radius 3 is 1.74 bits per heavy atom. The van der Waals surface area contributed by atoms with E-state index in [2.05, 4.69) is 0 Å². The van der Waals surface area contributed by atoms with Crippen molar-refractivity contribution in [1.29, 1.82) is 0 Å². The van der Waals surface area contributed by atoms with Crippen LogP contribution in [0.5, 0.6) is 0 Å². The second kappa shape index (κ2) is 13.9. The van der Waals surface area contributed by atoms with Crippen LogP contribution in [-0.2, 0) is 4.79 Å². The Balaban J connectivity index is 3.01. The van der Waals surface area contributed by atoms with Gasteiger partial charge in [-0.3, -0.25) is 0 Å². The average molecular weight is 271 g/mol. The summed E-state index contributed by atoms with van der Waals surface area (Å²) in [6.45, 7) is 2.03. The quantitative estimate of drug-likeness (QED) is 0.494. The highest BCUT2D eigenvalue weighted by atomic mass is 16.4. The van der Waals surface area contributed by atoms with Crippen LogP contribution in [0.2, 0.25) is 0 Å². The molecule has 0 fully saturated rings. The van der Waals surface area contributed by atoms with Crippen molar-refractivity contribution in [2.45, 2.75) is 96.5 Å². The molecule has 0 aromatic carbocycles. The summed E-state index contributed by atoms with van der Waals surface area (Å²) < 4.78 is 0. The maximum Gasteiger partial charge on any atom is 0.0537 e. The Hall–Kier alpha value is -0.570. The van der Waals surface area contributed by atoms with Gasteiger partial charge < -0.3 is 15.0 Å². The van der Waals surface area contributed by atoms with Gasteiger partial charge in [0, 0.05) is 5.97 Å². The minimum atomic E-state index is -0.923. The molecule has 0 spiro atoms. The number of rotatable bonds is 14. The highest BCUT2D eigenvalue weighted by Gasteiger charge is 1.99. The predicted octanol–water partition coefficient (Wildman–Crippen LogP) is 3.19. The zero-order valence-electron chi connectivity index (χ0n) is 12.5. The lowest BCUT2D eigenvalue weighted by Crippen LogP contribution is -2.21. The van der Waals surface area contributed by atoms with Crippen molar-refractivity contribution in [3.05, 3.63) is 0 Å². The van der Waals surface area contributed by atoms with Gasteiger partial charge in [0.1, 0.15) is 0 Å². The zero-order valence-corrected chi connectivity index (χ0v) is 12.5. The van der Waals surface area contributed by atoms with Crippen molar-refractivity contribution < 1.29 is 15.0 Å². The number of hydrogen-bond acceptors (Lipinski definition) is 3. The molecule has 0 aromatic heterocycles. The van der Waals surface area contributed by atoms with Gasteiger partial charge in [0.25, 0.3) is 0 Å². The monoisotopic (exact) mass is 271 g/mol. The van der Waals surface area contributed by atoms with Crippen molar-refractivity contribution in [2.75, 3.05) is 0 Å². The normalized spacial score (nSPS) is 12.5. The lowest BCUT2D eigenvalue weighted by Gasteiger charge is -2.06. The van der Waals surface area contributed by atoms with Crippen LogP contribution in [-0.4, -0.2) is 17.2 Å². The predicted molar refractivity (Wildman–Crippen MR) is 76.7 cm³/mol. The molecule has 1 N–H and O–H groups in total. The molecule has 19 heavy (non-hydrogen) atoms. The number of aliphatic hydroxyl groups is 1. The maximum absolute atomic E-state index is 10.2. The van der Waals surface area contributed by atoms with Crippen molar-refractivity contribution >= 4 is 5.97 Å². The molecule has 1 atom stereocenters. The summed E-state index contributed by atoms with van der Waals surface area (Å²) in [7, 11) is 0. The zero-order chi connectivity index (χ0) is 14.3. The van der Waals surface area contributed by atoms with Crippen LogP contribution in [0, 0.1) is 0 Å². The van der Waals surface area contributed by atoms with Crippen LogP contribution < -0.4 is 5.11 Å². The fraction of sp³-hybridized carbons (Fsp3) is 0.938. The van der Waals surface area contributed by atoms with Gasteiger partial charge in [-0.05, 0) is 25.7 Å². The van der Waals surface area contributed by atoms with Crippen LogP contribution in [0.15, 0.2) is 0 Å². The number of carbonyl (C=O) groups is 1. The Morgan fingerprint density at radius 1 is 0.895 bits per heavy atom. The molecule has 0 saturated carbocycles. The molecule has 114 valence electrons. The fourth-order valence-corrected chi connectivity index (χ4v) is 2.27. The molecular formula is C16H31O3-. The Bertz CT molecular complexity index is 204. The summed E-state index contributed by atoms with van der Waals surface area (Å²) >= 11 is 0. The first-order valence-electron chi connectivity index (χ1n) is 8.04. The van der Waals surface area contributed by atoms with E-state index in [1.165, 1.54) is 38.5 Å². The molecule has 1 unspecified atom stereocenters. The van der Waals surface area contributed by atoms with Crippen molar-refractivity contribution in [1.82, 2.24) is 0 Å². The summed E-state index contributed by atoms with van der Waals surface area (Å²) in [5.41, 5.74) is 0. The molecule has 3 nitrogen and oxygen atoms in total. The van der Waals surface area contributed by atoms with Gasteiger partial charge in [-0.2, -0.15) is 0 Å². The minimum absolute atomic E-state index is 0.0963. The molecule has 0 aromatic rings. The summed E-state index contributed by atoms with van der Waals surface area (Å²) in [6.07, 6.45) is 13.6. The van der Waals surface area contributed by atoms with E-state index >= 15 is 0 Å². The van der Waals surface area contributed by atoms with Gasteiger partial charge in [0.2, 0.25) is 0 Å². The molecule has 0 radical (unpaired) electrons. The maximum atomic E-state index is 10.2. The Labute approximate surface area is 118 Å². The number of aliphatic hydroxyl groups excluding tert-OH is 1. The van der Waals surface area contributed by atoms with Crippen LogP contribution in [0.1, 0.15) is 90.4 Å². The van der Waals surface area contributed by atoms with Crippen LogP contribution in [0.25, 0.3) is 0 Å². The summed E-state index contributed by atoms with van der Waals surface area (Å²) in [5, 5.41) is 19.6. The van der Waals surface area contributed by atoms with E-state index in [-0.39, 0.29) is 12.5 Å². The molecule has 0 bridgehead atoms. The highest BCUT2D eigenvalue weighted by Crippen LogP contribution is 2.12. The standard InChI is InChI=1S/C16H32O3/c1-2-15(17)13-11-9-7-5-3-4-6-8-10-12-14-16(18)19/h15,17H,2-14H2,1H3,(H,18,19)/p-1. The van der Waals surface area contributed by atoms with Gasteiger partial charge in [-0.25, -0.2) is 0 Å². The first kappa shape index (κ1) is 18.4. The molecule has 0 rings (SSSR count). The molecule has 3 heteroatoms. The van der Waals surface area contributed by atoms with E-state index < -0.39 is 5.97 Å². The largest absolute Gasteiger partial charge is 0.550 e. The van der Waals surface area contributed by atoms with Gasteiger partial charge >= 0.3 is 0 Å². The number of carboxylic acids is 1. The molecule has 0 aliphatic heterocycles. The van der Waals surface area contributed by atoms with E-state index in [9.17, 15) is 15.0 Å². The molecule has 0 amide bonds. The number of aliphatic carboxylic acids is 1. The van der Waals surface area contributed by atoms with E-state index in [0.717, 1.165) is 38.5 Å². The van der Waals surface area contributed by atoms with Crippen LogP contribution in [0.3, 0.4) is 0 Å². The number of hydrogen-bond donors (Lipinski definition) is 1. The van der Waals surface area contributed by atoms with Gasteiger partial charge in [0.15, 0.2) is 0 Å². The molecular weight excluding hydrogens is 240 g/mol. The molecule has 0 aliphatic rings. The topological polar surface area (TPSA) is 60.4 Å². The first-order valence-corrected chi connectivity index (χ1v) is 8.04. The van der Waals surface area contributed by atoms with Gasteiger partial charge in [-0.15, -0.1) is 0 Å². The third-order valence-electron chi connectivity index (χ3n) is 3.64. The second-order valence-electron chi connectivity index (χ2n) is 5.51. The summed E-state index contributed by atoms with van der Waals surface area (Å²) in [6, 6.07) is 0. The van der Waals surface area contributed by atoms with E-state index in [4.69, 9.17) is 0 Å².